The third-order valence-electron chi connectivity index (χ3n) is 5.09. The molecular weight excluding hydrogens is 412 g/mol. The number of carbonyl (C=O) groups excluding carboxylic acids is 2. The molecule has 0 spiro atoms. The number of ether oxygens (including phenoxy) is 2. The molecule has 0 aliphatic carbocycles. The Hall–Kier alpha value is -3.32. The standard InChI is InChI=1S/C24H24N2O4S/c1-16-24(28)26(14-17-5-3-6-20(11-17)29-2)15-18-12-19(8-9-22(18)30-16)25-23(27)13-21-7-4-10-31-21/h3-12,16H,13-15H2,1-2H3,(H,25,27). The van der Waals surface area contributed by atoms with E-state index in [0.29, 0.717) is 30.9 Å². The molecule has 2 heterocycles. The van der Waals surface area contributed by atoms with Gasteiger partial charge in [-0.25, -0.2) is 0 Å². The first-order chi connectivity index (χ1) is 15.0. The highest BCUT2D eigenvalue weighted by Crippen LogP contribution is 2.30. The maximum Gasteiger partial charge on any atom is 0.263 e. The van der Waals surface area contributed by atoms with E-state index in [9.17, 15) is 9.59 Å². The lowest BCUT2D eigenvalue weighted by Gasteiger charge is -2.22. The first-order valence-electron chi connectivity index (χ1n) is 10.1. The molecule has 2 amide bonds. The quantitative estimate of drug-likeness (QED) is 0.627. The van der Waals surface area contributed by atoms with Crippen LogP contribution in [0.15, 0.2) is 60.0 Å². The predicted octanol–water partition coefficient (Wildman–Crippen LogP) is 4.25. The van der Waals surface area contributed by atoms with Crippen LogP contribution in [0.2, 0.25) is 0 Å². The number of hydrogen-bond acceptors (Lipinski definition) is 5. The third kappa shape index (κ3) is 5.06. The summed E-state index contributed by atoms with van der Waals surface area (Å²) in [6.07, 6.45) is -0.256. The number of fused-ring (bicyclic) bond motifs is 1. The third-order valence-corrected chi connectivity index (χ3v) is 5.97. The van der Waals surface area contributed by atoms with Gasteiger partial charge in [0.15, 0.2) is 6.10 Å². The van der Waals surface area contributed by atoms with Crippen LogP contribution in [0.25, 0.3) is 0 Å². The number of carbonyl (C=O) groups is 2. The van der Waals surface area contributed by atoms with Gasteiger partial charge in [-0.05, 0) is 54.3 Å². The number of benzene rings is 2. The number of methoxy groups -OCH3 is 1. The van der Waals surface area contributed by atoms with Crippen molar-refractivity contribution in [3.05, 3.63) is 76.0 Å². The number of thiophene rings is 1. The molecule has 160 valence electrons. The van der Waals surface area contributed by atoms with E-state index >= 15 is 0 Å². The number of nitrogens with one attached hydrogen (secondary N) is 1. The van der Waals surface area contributed by atoms with E-state index < -0.39 is 6.10 Å². The molecule has 1 aliphatic heterocycles. The Morgan fingerprint density at radius 3 is 2.87 bits per heavy atom. The molecule has 0 radical (unpaired) electrons. The fourth-order valence-corrected chi connectivity index (χ4v) is 4.28. The largest absolute Gasteiger partial charge is 0.497 e. The van der Waals surface area contributed by atoms with Crippen molar-refractivity contribution < 1.29 is 19.1 Å². The molecule has 0 fully saturated rings. The van der Waals surface area contributed by atoms with Gasteiger partial charge in [0.1, 0.15) is 11.5 Å². The Kier molecular flexibility index (Phi) is 6.23. The Balaban J connectivity index is 1.52. The average molecular weight is 437 g/mol. The molecule has 31 heavy (non-hydrogen) atoms. The summed E-state index contributed by atoms with van der Waals surface area (Å²) in [5.41, 5.74) is 2.52. The van der Waals surface area contributed by atoms with Gasteiger partial charge in [0.2, 0.25) is 5.91 Å². The van der Waals surface area contributed by atoms with Crippen molar-refractivity contribution in [3.63, 3.8) is 0 Å². The van der Waals surface area contributed by atoms with E-state index in [0.717, 1.165) is 21.8 Å². The summed E-state index contributed by atoms with van der Waals surface area (Å²) < 4.78 is 11.2. The molecule has 1 unspecified atom stereocenters. The van der Waals surface area contributed by atoms with Crippen LogP contribution in [-0.4, -0.2) is 29.9 Å². The molecule has 3 aromatic rings. The molecule has 7 heteroatoms. The molecule has 0 bridgehead atoms. The van der Waals surface area contributed by atoms with Gasteiger partial charge in [-0.3, -0.25) is 9.59 Å². The minimum atomic E-state index is -0.592. The van der Waals surface area contributed by atoms with Gasteiger partial charge < -0.3 is 19.7 Å². The molecule has 4 rings (SSSR count). The average Bonchev–Trinajstić information content (AvgIpc) is 3.23. The van der Waals surface area contributed by atoms with Gasteiger partial charge in [0.05, 0.1) is 13.5 Å². The zero-order chi connectivity index (χ0) is 21.8. The van der Waals surface area contributed by atoms with Crippen molar-refractivity contribution >= 4 is 28.8 Å². The summed E-state index contributed by atoms with van der Waals surface area (Å²) in [7, 11) is 1.62. The normalized spacial score (nSPS) is 15.6. The Bertz CT molecular complexity index is 1080. The molecular formula is C24H24N2O4S. The van der Waals surface area contributed by atoms with Gasteiger partial charge >= 0.3 is 0 Å². The molecule has 1 atom stereocenters. The lowest BCUT2D eigenvalue weighted by Crippen LogP contribution is -2.37. The van der Waals surface area contributed by atoms with Gasteiger partial charge in [0, 0.05) is 29.2 Å². The monoisotopic (exact) mass is 436 g/mol. The maximum atomic E-state index is 12.9. The van der Waals surface area contributed by atoms with Crippen molar-refractivity contribution in [2.45, 2.75) is 32.5 Å². The second-order valence-corrected chi connectivity index (χ2v) is 8.46. The Labute approximate surface area is 185 Å². The Morgan fingerprint density at radius 2 is 2.10 bits per heavy atom. The highest BCUT2D eigenvalue weighted by atomic mass is 32.1. The second-order valence-electron chi connectivity index (χ2n) is 7.43. The zero-order valence-corrected chi connectivity index (χ0v) is 18.3. The fourth-order valence-electron chi connectivity index (χ4n) is 3.58. The van der Waals surface area contributed by atoms with Crippen LogP contribution in [0, 0.1) is 0 Å². The van der Waals surface area contributed by atoms with E-state index in [-0.39, 0.29) is 11.8 Å². The van der Waals surface area contributed by atoms with Crippen LogP contribution in [0.4, 0.5) is 5.69 Å². The van der Waals surface area contributed by atoms with Crippen molar-refractivity contribution in [2.75, 3.05) is 12.4 Å². The first-order valence-corrected chi connectivity index (χ1v) is 10.9. The molecule has 2 aromatic carbocycles. The number of anilines is 1. The van der Waals surface area contributed by atoms with Crippen molar-refractivity contribution in [1.82, 2.24) is 4.90 Å². The van der Waals surface area contributed by atoms with E-state index in [4.69, 9.17) is 9.47 Å². The van der Waals surface area contributed by atoms with Crippen LogP contribution < -0.4 is 14.8 Å². The van der Waals surface area contributed by atoms with Crippen LogP contribution in [0.1, 0.15) is 22.9 Å². The summed E-state index contributed by atoms with van der Waals surface area (Å²) >= 11 is 1.56. The minimum Gasteiger partial charge on any atom is -0.497 e. The lowest BCUT2D eigenvalue weighted by atomic mass is 10.1. The Morgan fingerprint density at radius 1 is 1.23 bits per heavy atom. The van der Waals surface area contributed by atoms with Gasteiger partial charge in [0.25, 0.3) is 5.91 Å². The second kappa shape index (κ2) is 9.22. The number of hydrogen-bond donors (Lipinski definition) is 1. The molecule has 0 saturated carbocycles. The van der Waals surface area contributed by atoms with E-state index in [1.165, 1.54) is 0 Å². The van der Waals surface area contributed by atoms with Crippen LogP contribution >= 0.6 is 11.3 Å². The zero-order valence-electron chi connectivity index (χ0n) is 17.5. The number of nitrogens with zero attached hydrogens (tertiary/aromatic N) is 1. The fraction of sp³-hybridized carbons (Fsp3) is 0.250. The maximum absolute atomic E-state index is 12.9. The van der Waals surface area contributed by atoms with Gasteiger partial charge in [-0.1, -0.05) is 18.2 Å². The van der Waals surface area contributed by atoms with Crippen molar-refractivity contribution in [2.24, 2.45) is 0 Å². The SMILES string of the molecule is COc1cccc(CN2Cc3cc(NC(=O)Cc4cccs4)ccc3OC(C)C2=O)c1. The number of amides is 2. The van der Waals surface area contributed by atoms with E-state index in [2.05, 4.69) is 5.32 Å². The molecule has 0 saturated heterocycles. The molecule has 1 N–H and O–H groups in total. The first kappa shape index (κ1) is 20.9. The van der Waals surface area contributed by atoms with Crippen molar-refractivity contribution in [3.8, 4) is 11.5 Å². The number of rotatable bonds is 6. The lowest BCUT2D eigenvalue weighted by molar-refractivity contribution is -0.138. The van der Waals surface area contributed by atoms with Crippen LogP contribution in [0.3, 0.4) is 0 Å². The van der Waals surface area contributed by atoms with Gasteiger partial charge in [-0.2, -0.15) is 0 Å². The van der Waals surface area contributed by atoms with Crippen molar-refractivity contribution in [1.29, 1.82) is 0 Å². The predicted molar refractivity (Wildman–Crippen MR) is 120 cm³/mol. The van der Waals surface area contributed by atoms with Gasteiger partial charge in [-0.15, -0.1) is 11.3 Å². The smallest absolute Gasteiger partial charge is 0.263 e. The molecule has 1 aromatic heterocycles. The van der Waals surface area contributed by atoms with Crippen LogP contribution in [-0.2, 0) is 29.1 Å². The van der Waals surface area contributed by atoms with E-state index in [1.807, 2.05) is 53.9 Å². The summed E-state index contributed by atoms with van der Waals surface area (Å²) in [4.78, 5) is 28.1. The highest BCUT2D eigenvalue weighted by Gasteiger charge is 2.28. The highest BCUT2D eigenvalue weighted by molar-refractivity contribution is 7.10. The molecule has 1 aliphatic rings. The minimum absolute atomic E-state index is 0.0744. The topological polar surface area (TPSA) is 67.9 Å². The molecule has 6 nitrogen and oxygen atoms in total. The van der Waals surface area contributed by atoms with Crippen LogP contribution in [0.5, 0.6) is 11.5 Å². The summed E-state index contributed by atoms with van der Waals surface area (Å²) in [5.74, 6) is 1.25. The summed E-state index contributed by atoms with van der Waals surface area (Å²) in [6, 6.07) is 17.0. The summed E-state index contributed by atoms with van der Waals surface area (Å²) in [5, 5.41) is 4.90. The van der Waals surface area contributed by atoms with E-state index in [1.54, 1.807) is 36.3 Å². The summed E-state index contributed by atoms with van der Waals surface area (Å²) in [6.45, 7) is 2.59.